The second-order valence-corrected chi connectivity index (χ2v) is 4.77. The van der Waals surface area contributed by atoms with E-state index < -0.39 is 4.92 Å². The van der Waals surface area contributed by atoms with Gasteiger partial charge in [-0.05, 0) is 11.6 Å². The topological polar surface area (TPSA) is 73.6 Å². The van der Waals surface area contributed by atoms with E-state index in [-0.39, 0.29) is 5.69 Å². The maximum atomic E-state index is 10.7. The number of rotatable bonds is 9. The van der Waals surface area contributed by atoms with Gasteiger partial charge in [-0.15, -0.1) is 0 Å². The van der Waals surface area contributed by atoms with Crippen LogP contribution in [0, 0.1) is 10.1 Å². The average Bonchev–Trinajstić information content (AvgIpc) is 2.37. The molecule has 0 saturated heterocycles. The van der Waals surface area contributed by atoms with E-state index in [9.17, 15) is 10.1 Å². The van der Waals surface area contributed by atoms with Gasteiger partial charge in [0.15, 0.2) is 0 Å². The van der Waals surface area contributed by atoms with E-state index in [1.54, 1.807) is 13.2 Å². The highest BCUT2D eigenvalue weighted by Crippen LogP contribution is 2.21. The number of hydrogen-bond donors (Lipinski definition) is 1. The molecule has 0 aliphatic carbocycles. The van der Waals surface area contributed by atoms with Gasteiger partial charge in [-0.1, -0.05) is 15.9 Å². The summed E-state index contributed by atoms with van der Waals surface area (Å²) in [4.78, 5) is 10.3. The molecule has 0 spiro atoms. The minimum absolute atomic E-state index is 0.0857. The summed E-state index contributed by atoms with van der Waals surface area (Å²) in [5.74, 6) is 0. The zero-order chi connectivity index (χ0) is 14.1. The molecule has 0 unspecified atom stereocenters. The van der Waals surface area contributed by atoms with Crippen molar-refractivity contribution in [3.8, 4) is 0 Å². The fourth-order valence-electron chi connectivity index (χ4n) is 1.46. The summed E-state index contributed by atoms with van der Waals surface area (Å²) in [6.45, 7) is 2.98. The van der Waals surface area contributed by atoms with Crippen LogP contribution in [-0.2, 0) is 16.0 Å². The monoisotopic (exact) mass is 332 g/mol. The molecule has 0 bridgehead atoms. The first kappa shape index (κ1) is 16.0. The number of methoxy groups -OCH3 is 1. The van der Waals surface area contributed by atoms with E-state index in [1.807, 2.05) is 6.07 Å². The SMILES string of the molecule is COCCOCCNCc1cc(Br)cc([N+](=O)[O-])c1. The zero-order valence-electron chi connectivity index (χ0n) is 10.7. The molecule has 1 aromatic rings. The predicted molar refractivity (Wildman–Crippen MR) is 75.2 cm³/mol. The maximum absolute atomic E-state index is 10.7. The number of benzene rings is 1. The molecule has 106 valence electrons. The third kappa shape index (κ3) is 6.63. The molecule has 0 saturated carbocycles. The maximum Gasteiger partial charge on any atom is 0.270 e. The normalized spacial score (nSPS) is 10.6. The van der Waals surface area contributed by atoms with Crippen LogP contribution in [0.5, 0.6) is 0 Å². The molecule has 1 aromatic carbocycles. The molecule has 6 nitrogen and oxygen atoms in total. The number of nitrogens with zero attached hydrogens (tertiary/aromatic N) is 1. The summed E-state index contributed by atoms with van der Waals surface area (Å²) in [5.41, 5.74) is 0.945. The molecule has 0 aliphatic rings. The molecule has 7 heteroatoms. The minimum atomic E-state index is -0.401. The lowest BCUT2D eigenvalue weighted by Crippen LogP contribution is -2.20. The third-order valence-corrected chi connectivity index (χ3v) is 2.80. The van der Waals surface area contributed by atoms with Crippen LogP contribution in [0.1, 0.15) is 5.56 Å². The second kappa shape index (κ2) is 8.98. The van der Waals surface area contributed by atoms with Crippen LogP contribution in [0.3, 0.4) is 0 Å². The highest BCUT2D eigenvalue weighted by molar-refractivity contribution is 9.10. The summed E-state index contributed by atoms with van der Waals surface area (Å²) >= 11 is 3.26. The molecule has 19 heavy (non-hydrogen) atoms. The van der Waals surface area contributed by atoms with Crippen molar-refractivity contribution < 1.29 is 14.4 Å². The highest BCUT2D eigenvalue weighted by Gasteiger charge is 2.08. The molecule has 0 heterocycles. The Labute approximate surface area is 120 Å². The fraction of sp³-hybridized carbons (Fsp3) is 0.500. The van der Waals surface area contributed by atoms with Gasteiger partial charge in [-0.25, -0.2) is 0 Å². The van der Waals surface area contributed by atoms with Crippen molar-refractivity contribution in [2.24, 2.45) is 0 Å². The van der Waals surface area contributed by atoms with Gasteiger partial charge in [-0.3, -0.25) is 10.1 Å². The fourth-order valence-corrected chi connectivity index (χ4v) is 1.99. The Morgan fingerprint density at radius 1 is 1.32 bits per heavy atom. The van der Waals surface area contributed by atoms with Gasteiger partial charge in [0.1, 0.15) is 0 Å². The van der Waals surface area contributed by atoms with Gasteiger partial charge in [0.2, 0.25) is 0 Å². The van der Waals surface area contributed by atoms with Crippen molar-refractivity contribution in [3.63, 3.8) is 0 Å². The Kier molecular flexibility index (Phi) is 7.57. The van der Waals surface area contributed by atoms with Gasteiger partial charge in [-0.2, -0.15) is 0 Å². The average molecular weight is 333 g/mol. The van der Waals surface area contributed by atoms with E-state index in [1.165, 1.54) is 6.07 Å². The smallest absolute Gasteiger partial charge is 0.270 e. The quantitative estimate of drug-likeness (QED) is 0.426. The molecule has 0 fully saturated rings. The number of halogens is 1. The first-order valence-electron chi connectivity index (χ1n) is 5.84. The summed E-state index contributed by atoms with van der Waals surface area (Å²) in [6.07, 6.45) is 0. The minimum Gasteiger partial charge on any atom is -0.382 e. The molecule has 0 radical (unpaired) electrons. The summed E-state index contributed by atoms with van der Waals surface area (Å²) < 4.78 is 10.8. The summed E-state index contributed by atoms with van der Waals surface area (Å²) in [5, 5.41) is 13.9. The summed E-state index contributed by atoms with van der Waals surface area (Å²) in [6, 6.07) is 4.90. The van der Waals surface area contributed by atoms with E-state index in [0.717, 1.165) is 5.56 Å². The molecular formula is C12H17BrN2O4. The van der Waals surface area contributed by atoms with Crippen molar-refractivity contribution in [1.82, 2.24) is 5.32 Å². The lowest BCUT2D eigenvalue weighted by molar-refractivity contribution is -0.385. The van der Waals surface area contributed by atoms with Crippen molar-refractivity contribution in [2.45, 2.75) is 6.54 Å². The highest BCUT2D eigenvalue weighted by atomic mass is 79.9. The Morgan fingerprint density at radius 2 is 2.11 bits per heavy atom. The van der Waals surface area contributed by atoms with Crippen molar-refractivity contribution in [3.05, 3.63) is 38.3 Å². The van der Waals surface area contributed by atoms with Gasteiger partial charge in [0.05, 0.1) is 24.7 Å². The number of nitro groups is 1. The number of nitro benzene ring substituents is 1. The lowest BCUT2D eigenvalue weighted by Gasteiger charge is -2.06. The molecule has 0 aliphatic heterocycles. The second-order valence-electron chi connectivity index (χ2n) is 3.86. The van der Waals surface area contributed by atoms with E-state index in [4.69, 9.17) is 9.47 Å². The van der Waals surface area contributed by atoms with Crippen molar-refractivity contribution in [2.75, 3.05) is 33.5 Å². The van der Waals surface area contributed by atoms with E-state index >= 15 is 0 Å². The third-order valence-electron chi connectivity index (χ3n) is 2.34. The number of ether oxygens (including phenoxy) is 2. The number of non-ortho nitro benzene ring substituents is 1. The first-order valence-corrected chi connectivity index (χ1v) is 6.64. The van der Waals surface area contributed by atoms with Gasteiger partial charge < -0.3 is 14.8 Å². The van der Waals surface area contributed by atoms with Crippen LogP contribution in [0.25, 0.3) is 0 Å². The molecule has 0 atom stereocenters. The van der Waals surface area contributed by atoms with E-state index in [2.05, 4.69) is 21.2 Å². The standard InChI is InChI=1S/C12H17BrN2O4/c1-18-4-5-19-3-2-14-9-10-6-11(13)8-12(7-10)15(16)17/h6-8,14H,2-5,9H2,1H3. The predicted octanol–water partition coefficient (Wildman–Crippen LogP) is 2.11. The van der Waals surface area contributed by atoms with Crippen LogP contribution in [0.2, 0.25) is 0 Å². The van der Waals surface area contributed by atoms with Crippen LogP contribution in [-0.4, -0.2) is 38.4 Å². The molecular weight excluding hydrogens is 316 g/mol. The summed E-state index contributed by atoms with van der Waals surface area (Å²) in [7, 11) is 1.63. The molecule has 1 N–H and O–H groups in total. The Balaban J connectivity index is 2.31. The Hall–Kier alpha value is -1.02. The molecule has 0 amide bonds. The van der Waals surface area contributed by atoms with Crippen LogP contribution in [0.15, 0.2) is 22.7 Å². The van der Waals surface area contributed by atoms with Crippen LogP contribution < -0.4 is 5.32 Å². The van der Waals surface area contributed by atoms with Crippen LogP contribution in [0.4, 0.5) is 5.69 Å². The van der Waals surface area contributed by atoms with E-state index in [0.29, 0.717) is 37.4 Å². The van der Waals surface area contributed by atoms with Gasteiger partial charge in [0, 0.05) is 36.8 Å². The largest absolute Gasteiger partial charge is 0.382 e. The molecule has 1 rings (SSSR count). The first-order chi connectivity index (χ1) is 9.13. The van der Waals surface area contributed by atoms with Crippen molar-refractivity contribution >= 4 is 21.6 Å². The van der Waals surface area contributed by atoms with Crippen molar-refractivity contribution in [1.29, 1.82) is 0 Å². The Bertz CT molecular complexity index is 415. The lowest BCUT2D eigenvalue weighted by atomic mass is 10.2. The number of nitrogens with one attached hydrogen (secondary N) is 1. The van der Waals surface area contributed by atoms with Crippen LogP contribution >= 0.6 is 15.9 Å². The zero-order valence-corrected chi connectivity index (χ0v) is 12.3. The van der Waals surface area contributed by atoms with Gasteiger partial charge in [0.25, 0.3) is 5.69 Å². The number of hydrogen-bond acceptors (Lipinski definition) is 5. The molecule has 0 aromatic heterocycles. The van der Waals surface area contributed by atoms with Gasteiger partial charge >= 0.3 is 0 Å². The Morgan fingerprint density at radius 3 is 2.79 bits per heavy atom.